The molecule has 3 saturated heterocycles. The van der Waals surface area contributed by atoms with Crippen molar-refractivity contribution in [2.75, 3.05) is 32.8 Å². The number of aliphatic hydroxyl groups excluding tert-OH is 6. The monoisotopic (exact) mass is 1400 g/mol. The molecule has 0 radical (unpaired) electrons. The molecule has 0 spiro atoms. The summed E-state index contributed by atoms with van der Waals surface area (Å²) in [6, 6.07) is 21.9. The number of aliphatic hydroxyl groups is 6. The second kappa shape index (κ2) is 35.3. The predicted octanol–water partition coefficient (Wildman–Crippen LogP) is -4.38. The molecule has 0 saturated carbocycles. The topological polar surface area (TPSA) is 479 Å². The average Bonchev–Trinajstić information content (AvgIpc) is 1.49. The van der Waals surface area contributed by atoms with Crippen molar-refractivity contribution >= 4 is 59.6 Å². The fourth-order valence-corrected chi connectivity index (χ4v) is 11.6. The normalized spacial score (nSPS) is 23.5. The molecule has 13 atom stereocenters. The fraction of sp³-hybridized carbons (Fsp3) is 0.385. The number of rotatable bonds is 22. The van der Waals surface area contributed by atoms with Crippen molar-refractivity contribution in [3.8, 4) is 57.0 Å². The van der Waals surface area contributed by atoms with Crippen LogP contribution in [0.1, 0.15) is 55.5 Å². The van der Waals surface area contributed by atoms with E-state index >= 15 is 0 Å². The number of nitrogens with zero attached hydrogens (tertiary/aromatic N) is 4. The van der Waals surface area contributed by atoms with Crippen LogP contribution in [0.25, 0.3) is 34.0 Å². The molecular formula is C65H73N10NaO22S. The zero-order chi connectivity index (χ0) is 70.3. The Morgan fingerprint density at radius 3 is 1.92 bits per heavy atom. The number of fused-ring (bicyclic) bond motifs is 2. The van der Waals surface area contributed by atoms with Crippen molar-refractivity contribution in [2.24, 2.45) is 11.7 Å². The van der Waals surface area contributed by atoms with E-state index in [1.165, 1.54) is 37.3 Å². The summed E-state index contributed by atoms with van der Waals surface area (Å²) in [7, 11) is 0. The molecule has 99 heavy (non-hydrogen) atoms. The van der Waals surface area contributed by atoms with Gasteiger partial charge in [-0.15, -0.1) is 14.5 Å². The maximum Gasteiger partial charge on any atom is 1.00 e. The van der Waals surface area contributed by atoms with Crippen LogP contribution in [0.2, 0.25) is 0 Å². The van der Waals surface area contributed by atoms with Crippen molar-refractivity contribution in [1.82, 2.24) is 46.6 Å². The van der Waals surface area contributed by atoms with Crippen molar-refractivity contribution in [3.63, 3.8) is 0 Å². The minimum atomic E-state index is -2.24. The molecule has 3 aliphatic rings. The first-order valence-electron chi connectivity index (χ1n) is 31.0. The Bertz CT molecular complexity index is 3770. The molecule has 0 bridgehead atoms. The maximum atomic E-state index is 14.7. The van der Waals surface area contributed by atoms with Gasteiger partial charge in [-0.2, -0.15) is 0 Å². The number of hydrogen-bond acceptors (Lipinski definition) is 25. The van der Waals surface area contributed by atoms with E-state index in [4.69, 9.17) is 23.8 Å². The second-order valence-corrected chi connectivity index (χ2v) is 24.2. The Hall–Kier alpha value is -8.81. The molecule has 3 aliphatic heterocycles. The fourth-order valence-electron chi connectivity index (χ4n) is 11.4. The Labute approximate surface area is 592 Å². The first-order chi connectivity index (χ1) is 47.0. The van der Waals surface area contributed by atoms with E-state index in [2.05, 4.69) is 46.2 Å². The Morgan fingerprint density at radius 2 is 1.29 bits per heavy atom. The van der Waals surface area contributed by atoms with Gasteiger partial charge < -0.3 is 101 Å². The Kier molecular flexibility index (Phi) is 27.1. The molecule has 14 N–H and O–H groups in total. The van der Waals surface area contributed by atoms with Crippen LogP contribution in [0.4, 0.5) is 0 Å². The first kappa shape index (κ1) is 76.0. The smallest absolute Gasteiger partial charge is 0.691 e. The molecule has 9 rings (SSSR count). The Balaban J connectivity index is 0.0000125. The molecule has 32 nitrogen and oxygen atoms in total. The van der Waals surface area contributed by atoms with Crippen LogP contribution in [0.3, 0.4) is 0 Å². The number of primary amides is 1. The number of amides is 8. The molecular weight excluding hydrogens is 1330 g/mol. The summed E-state index contributed by atoms with van der Waals surface area (Å²) in [6.45, 7) is 1.77. The van der Waals surface area contributed by atoms with E-state index < -0.39 is 177 Å². The number of aromatic hydroxyl groups is 1. The van der Waals surface area contributed by atoms with Gasteiger partial charge in [0.05, 0.1) is 56.3 Å². The molecule has 6 aromatic rings. The van der Waals surface area contributed by atoms with E-state index in [-0.39, 0.29) is 70.5 Å². The minimum Gasteiger partial charge on any atom is -0.691 e. The number of β-amino-alcohol motifs (C(OH)–C–C–N with tert-alkyl or cyclic N) is 1. The summed E-state index contributed by atoms with van der Waals surface area (Å²) in [5.74, 6) is -9.56. The van der Waals surface area contributed by atoms with Crippen LogP contribution in [-0.4, -0.2) is 209 Å². The van der Waals surface area contributed by atoms with Gasteiger partial charge in [-0.3, -0.25) is 43.4 Å². The number of phenolic OH excluding ortho intramolecular Hbond substituents is 1. The largest absolute Gasteiger partial charge is 1.00 e. The number of nitrogens with one attached hydrogen (secondary N) is 5. The first-order valence-corrected chi connectivity index (χ1v) is 31.7. The molecule has 3 fully saturated rings. The number of ether oxygens (including phenoxy) is 2. The van der Waals surface area contributed by atoms with Gasteiger partial charge in [0.15, 0.2) is 11.5 Å². The third kappa shape index (κ3) is 19.8. The average molecular weight is 1400 g/mol. The van der Waals surface area contributed by atoms with E-state index in [1.807, 2.05) is 78.9 Å². The Morgan fingerprint density at radius 1 is 0.707 bits per heavy atom. The third-order valence-corrected chi connectivity index (χ3v) is 16.9. The van der Waals surface area contributed by atoms with Gasteiger partial charge in [0.1, 0.15) is 47.8 Å². The number of aromatic nitrogens is 2. The van der Waals surface area contributed by atoms with Crippen LogP contribution < -0.4 is 80.8 Å². The van der Waals surface area contributed by atoms with Gasteiger partial charge in [-0.25, -0.2) is 0 Å². The molecule has 522 valence electrons. The number of para-hydroxylation sites is 1. The number of nitrogens with two attached hydrogens (primary N) is 1. The molecule has 34 heteroatoms. The minimum absolute atomic E-state index is 0. The summed E-state index contributed by atoms with van der Waals surface area (Å²) in [5, 5.41) is 113. The van der Waals surface area contributed by atoms with E-state index in [0.29, 0.717) is 36.5 Å². The van der Waals surface area contributed by atoms with Crippen molar-refractivity contribution in [1.29, 1.82) is 0 Å². The van der Waals surface area contributed by atoms with Gasteiger partial charge in [-0.05, 0) is 96.4 Å². The molecule has 8 amide bonds. The van der Waals surface area contributed by atoms with Crippen molar-refractivity contribution in [2.45, 2.75) is 119 Å². The standard InChI is InChI=1S/C65H74N10O22S.Na/c1-33-31-75-55(56(33)83)61(88)67-30-41(77)27-45(68-57(84)38-12-16-40(17-13-38)63-73-72-62(94-63)39-14-10-36(11-15-39)37-18-20-44(21-19-37)93-24-6-23-92-43-7-4-3-5-8-43)58(85)69-52(34(2)76)64(89)74-32-42(78)28-46(74)59(86)70-53(60(87)71-54(65(75)90)49(81)29-51(66)82)48(80)25-35-9-22-47(79)50(26-35)95-98-97-96-91;/h3-5,7-22,26,33-34,41-42,45-46,48-49,52-56,76-81,83,91H,6,23-25,27-32H2,1-2H3,(H2,66,82)(H,67,88)(H,68,84)(H,69,85)(H,70,86)(H,71,87);/q;+1/p-1. The van der Waals surface area contributed by atoms with Crippen LogP contribution in [0, 0.1) is 5.92 Å². The number of phenols is 1. The van der Waals surface area contributed by atoms with Crippen LogP contribution in [0.5, 0.6) is 23.0 Å². The van der Waals surface area contributed by atoms with Crippen LogP contribution in [-0.2, 0) is 49.4 Å². The summed E-state index contributed by atoms with van der Waals surface area (Å²) < 4.78 is 26.8. The van der Waals surface area contributed by atoms with E-state index in [1.54, 1.807) is 0 Å². The van der Waals surface area contributed by atoms with Crippen molar-refractivity contribution in [3.05, 3.63) is 132 Å². The molecule has 4 heterocycles. The SMILES string of the molecule is CC(O)C1NC(=O)C(NC(=O)c2ccc(-c3nnc(-c4ccc(-c5ccc(OCCCOc6ccccc6)cc5)cc4)o3)cc2)CC(O)CNC(=O)C2C(O)C(C)CN2C(=O)C(C(O)CC(N)=O)NC(=O)C(C(O)Cc2ccc(O)c(OSOO[O-])c2)NC(=O)C2CC(O)CN2C1=O.[Na+]. The van der Waals surface area contributed by atoms with Crippen LogP contribution in [0.15, 0.2) is 126 Å². The number of benzene rings is 5. The van der Waals surface area contributed by atoms with E-state index in [9.17, 15) is 79.4 Å². The molecule has 1 aromatic heterocycles. The van der Waals surface area contributed by atoms with E-state index in [0.717, 1.165) is 45.7 Å². The molecule has 0 aliphatic carbocycles. The second-order valence-electron chi connectivity index (χ2n) is 23.7. The van der Waals surface area contributed by atoms with Crippen molar-refractivity contribution < 1.29 is 136 Å². The number of hydrogen-bond donors (Lipinski definition) is 13. The van der Waals surface area contributed by atoms with Gasteiger partial charge in [0, 0.05) is 67.9 Å². The summed E-state index contributed by atoms with van der Waals surface area (Å²) in [5.41, 5.74) is 8.25. The van der Waals surface area contributed by atoms with Gasteiger partial charge in [0.2, 0.25) is 53.1 Å². The van der Waals surface area contributed by atoms with Crippen LogP contribution >= 0.6 is 12.3 Å². The van der Waals surface area contributed by atoms with Gasteiger partial charge in [-0.1, -0.05) is 55.5 Å². The summed E-state index contributed by atoms with van der Waals surface area (Å²) in [6.07, 6.45) is -13.1. The predicted molar refractivity (Wildman–Crippen MR) is 340 cm³/mol. The summed E-state index contributed by atoms with van der Waals surface area (Å²) in [4.78, 5) is 115. The maximum absolute atomic E-state index is 14.7. The zero-order valence-corrected chi connectivity index (χ0v) is 56.5. The summed E-state index contributed by atoms with van der Waals surface area (Å²) >= 11 is -0.0104. The third-order valence-electron chi connectivity index (χ3n) is 16.5. The number of carbonyl (C=O) groups excluding carboxylic acids is 8. The quantitative estimate of drug-likeness (QED) is 0.0100. The van der Waals surface area contributed by atoms with Gasteiger partial charge >= 0.3 is 29.6 Å². The zero-order valence-electron chi connectivity index (χ0n) is 53.7. The number of carbonyl (C=O) groups is 8. The molecule has 13 unspecified atom stereocenters. The van der Waals surface area contributed by atoms with Gasteiger partial charge in [0.25, 0.3) is 18.2 Å². The molecule has 5 aromatic carbocycles.